The van der Waals surface area contributed by atoms with Crippen LogP contribution in [0.1, 0.15) is 16.8 Å². The van der Waals surface area contributed by atoms with Crippen molar-refractivity contribution < 1.29 is 9.59 Å². The van der Waals surface area contributed by atoms with Crippen LogP contribution >= 0.6 is 12.6 Å². The van der Waals surface area contributed by atoms with Gasteiger partial charge in [-0.3, -0.25) is 14.6 Å². The summed E-state index contributed by atoms with van der Waals surface area (Å²) in [7, 11) is 3.88. The summed E-state index contributed by atoms with van der Waals surface area (Å²) in [6.45, 7) is 0.706. The van der Waals surface area contributed by atoms with Crippen LogP contribution in [-0.4, -0.2) is 57.6 Å². The monoisotopic (exact) mass is 527 g/mol. The Bertz CT molecular complexity index is 1380. The first-order chi connectivity index (χ1) is 18.4. The van der Waals surface area contributed by atoms with Crippen LogP contribution in [0.2, 0.25) is 0 Å². The highest BCUT2D eigenvalue weighted by Crippen LogP contribution is 2.21. The van der Waals surface area contributed by atoms with Crippen LogP contribution in [0.4, 0.5) is 23.0 Å². The van der Waals surface area contributed by atoms with Crippen molar-refractivity contribution in [1.82, 2.24) is 19.9 Å². The molecule has 4 rings (SSSR count). The SMILES string of the molecule is CN(C)C[C@H](S)CC(=O)Nc1ccc(C(=O)Nc2cccc(Nc3nccc(-c4cccnc4)n3)c2)cc1. The van der Waals surface area contributed by atoms with Gasteiger partial charge in [-0.2, -0.15) is 12.6 Å². The van der Waals surface area contributed by atoms with Crippen LogP contribution in [0, 0.1) is 0 Å². The summed E-state index contributed by atoms with van der Waals surface area (Å²) in [5.41, 5.74) is 4.06. The number of carbonyl (C=O) groups excluding carboxylic acids is 2. The molecule has 1 atom stereocenters. The number of carbonyl (C=O) groups is 2. The summed E-state index contributed by atoms with van der Waals surface area (Å²) < 4.78 is 0. The first kappa shape index (κ1) is 26.8. The van der Waals surface area contributed by atoms with Gasteiger partial charge in [0.2, 0.25) is 11.9 Å². The second-order valence-electron chi connectivity index (χ2n) is 8.91. The van der Waals surface area contributed by atoms with Crippen LogP contribution in [0.15, 0.2) is 85.3 Å². The average molecular weight is 528 g/mol. The highest BCUT2D eigenvalue weighted by atomic mass is 32.1. The van der Waals surface area contributed by atoms with Gasteiger partial charge in [0.05, 0.1) is 5.69 Å². The molecule has 2 heterocycles. The maximum atomic E-state index is 12.8. The van der Waals surface area contributed by atoms with E-state index in [0.29, 0.717) is 35.9 Å². The predicted octanol–water partition coefficient (Wildman–Crippen LogP) is 4.72. The Morgan fingerprint density at radius 2 is 1.71 bits per heavy atom. The summed E-state index contributed by atoms with van der Waals surface area (Å²) >= 11 is 4.45. The van der Waals surface area contributed by atoms with Crippen LogP contribution in [0.25, 0.3) is 11.3 Å². The van der Waals surface area contributed by atoms with E-state index in [1.807, 2.05) is 49.3 Å². The number of aromatic nitrogens is 3. The van der Waals surface area contributed by atoms with Gasteiger partial charge >= 0.3 is 0 Å². The number of nitrogens with one attached hydrogen (secondary N) is 3. The molecule has 0 radical (unpaired) electrons. The lowest BCUT2D eigenvalue weighted by Crippen LogP contribution is -2.26. The van der Waals surface area contributed by atoms with Crippen molar-refractivity contribution in [2.75, 3.05) is 36.6 Å². The Kier molecular flexibility index (Phi) is 9.02. The number of nitrogens with zero attached hydrogens (tertiary/aromatic N) is 4. The molecule has 194 valence electrons. The predicted molar refractivity (Wildman–Crippen MR) is 154 cm³/mol. The number of hydrogen-bond donors (Lipinski definition) is 4. The summed E-state index contributed by atoms with van der Waals surface area (Å²) in [5.74, 6) is 0.0398. The Balaban J connectivity index is 1.35. The molecule has 2 aromatic carbocycles. The quantitative estimate of drug-likeness (QED) is 0.221. The highest BCUT2D eigenvalue weighted by Gasteiger charge is 2.12. The van der Waals surface area contributed by atoms with E-state index in [1.54, 1.807) is 55.0 Å². The van der Waals surface area contributed by atoms with Gasteiger partial charge in [-0.1, -0.05) is 6.07 Å². The largest absolute Gasteiger partial charge is 0.326 e. The van der Waals surface area contributed by atoms with Gasteiger partial charge in [0.25, 0.3) is 5.91 Å². The number of benzene rings is 2. The highest BCUT2D eigenvalue weighted by molar-refractivity contribution is 7.81. The first-order valence-corrected chi connectivity index (χ1v) is 12.5. The number of hydrogen-bond acceptors (Lipinski definition) is 8. The molecule has 2 amide bonds. The zero-order valence-corrected chi connectivity index (χ0v) is 22.0. The number of thiol groups is 1. The zero-order valence-electron chi connectivity index (χ0n) is 21.1. The maximum absolute atomic E-state index is 12.8. The molecule has 0 aliphatic carbocycles. The Morgan fingerprint density at radius 1 is 0.921 bits per heavy atom. The van der Waals surface area contributed by atoms with Crippen molar-refractivity contribution in [3.8, 4) is 11.3 Å². The molecule has 0 saturated carbocycles. The van der Waals surface area contributed by atoms with E-state index in [-0.39, 0.29) is 17.1 Å². The van der Waals surface area contributed by atoms with Crippen LogP contribution < -0.4 is 16.0 Å². The molecule has 9 nitrogen and oxygen atoms in total. The fourth-order valence-corrected chi connectivity index (χ4v) is 4.21. The van der Waals surface area contributed by atoms with Crippen LogP contribution in [0.5, 0.6) is 0 Å². The van der Waals surface area contributed by atoms with Gasteiger partial charge in [-0.05, 0) is 74.8 Å². The molecule has 0 unspecified atom stereocenters. The molecular formula is C28H29N7O2S. The lowest BCUT2D eigenvalue weighted by atomic mass is 10.1. The zero-order chi connectivity index (χ0) is 26.9. The minimum Gasteiger partial charge on any atom is -0.326 e. The third-order valence-electron chi connectivity index (χ3n) is 5.42. The number of rotatable bonds is 10. The minimum absolute atomic E-state index is 0.0584. The third kappa shape index (κ3) is 7.86. The molecule has 0 saturated heterocycles. The van der Waals surface area contributed by atoms with Crippen molar-refractivity contribution in [3.63, 3.8) is 0 Å². The summed E-state index contributed by atoms with van der Waals surface area (Å²) in [6, 6.07) is 19.6. The van der Waals surface area contributed by atoms with Crippen molar-refractivity contribution in [1.29, 1.82) is 0 Å². The summed E-state index contributed by atoms with van der Waals surface area (Å²) in [4.78, 5) is 40.0. The topological polar surface area (TPSA) is 112 Å². The summed E-state index contributed by atoms with van der Waals surface area (Å²) in [5, 5.41) is 8.86. The van der Waals surface area contributed by atoms with Gasteiger partial charge in [0, 0.05) is 65.0 Å². The van der Waals surface area contributed by atoms with Crippen LogP contribution in [0.3, 0.4) is 0 Å². The van der Waals surface area contributed by atoms with E-state index in [9.17, 15) is 9.59 Å². The van der Waals surface area contributed by atoms with E-state index < -0.39 is 0 Å². The van der Waals surface area contributed by atoms with E-state index >= 15 is 0 Å². The number of anilines is 4. The van der Waals surface area contributed by atoms with Crippen LogP contribution in [-0.2, 0) is 4.79 Å². The van der Waals surface area contributed by atoms with Crippen molar-refractivity contribution in [2.45, 2.75) is 11.7 Å². The molecule has 0 aliphatic rings. The molecule has 2 aromatic heterocycles. The van der Waals surface area contributed by atoms with Crippen molar-refractivity contribution in [2.24, 2.45) is 0 Å². The fourth-order valence-electron chi connectivity index (χ4n) is 3.72. The van der Waals surface area contributed by atoms with E-state index in [1.165, 1.54) is 0 Å². The first-order valence-electron chi connectivity index (χ1n) is 12.0. The molecule has 3 N–H and O–H groups in total. The molecule has 0 aliphatic heterocycles. The van der Waals surface area contributed by atoms with E-state index in [0.717, 1.165) is 16.9 Å². The Hall–Kier alpha value is -4.28. The van der Waals surface area contributed by atoms with Crippen molar-refractivity contribution in [3.05, 3.63) is 90.9 Å². The molecule has 4 aromatic rings. The lowest BCUT2D eigenvalue weighted by Gasteiger charge is -2.15. The van der Waals surface area contributed by atoms with Gasteiger partial charge in [-0.25, -0.2) is 9.97 Å². The van der Waals surface area contributed by atoms with Gasteiger partial charge in [0.15, 0.2) is 0 Å². The summed E-state index contributed by atoms with van der Waals surface area (Å²) in [6.07, 6.45) is 5.43. The molecule has 0 fully saturated rings. The second-order valence-corrected chi connectivity index (χ2v) is 9.64. The molecular weight excluding hydrogens is 498 g/mol. The smallest absolute Gasteiger partial charge is 0.255 e. The number of amides is 2. The second kappa shape index (κ2) is 12.8. The van der Waals surface area contributed by atoms with Crippen molar-refractivity contribution >= 4 is 47.5 Å². The number of pyridine rings is 1. The Labute approximate surface area is 227 Å². The minimum atomic E-state index is -0.267. The van der Waals surface area contributed by atoms with Gasteiger partial charge in [-0.15, -0.1) is 0 Å². The maximum Gasteiger partial charge on any atom is 0.255 e. The van der Waals surface area contributed by atoms with E-state index in [2.05, 4.69) is 43.5 Å². The molecule has 10 heteroatoms. The molecule has 0 bridgehead atoms. The van der Waals surface area contributed by atoms with E-state index in [4.69, 9.17) is 0 Å². The molecule has 0 spiro atoms. The lowest BCUT2D eigenvalue weighted by molar-refractivity contribution is -0.116. The fraction of sp³-hybridized carbons (Fsp3) is 0.179. The van der Waals surface area contributed by atoms with Gasteiger partial charge in [0.1, 0.15) is 0 Å². The Morgan fingerprint density at radius 3 is 2.45 bits per heavy atom. The third-order valence-corrected chi connectivity index (χ3v) is 5.76. The normalized spacial score (nSPS) is 11.6. The molecule has 38 heavy (non-hydrogen) atoms. The van der Waals surface area contributed by atoms with Gasteiger partial charge < -0.3 is 20.9 Å². The average Bonchev–Trinajstić information content (AvgIpc) is 2.89. The standard InChI is InChI=1S/C28H29N7O2S/c1-35(2)18-24(38)16-26(36)31-21-10-8-19(9-11-21)27(37)32-22-6-3-7-23(15-22)33-28-30-14-12-25(34-28)20-5-4-13-29-17-20/h3-15,17,24,38H,16,18H2,1-2H3,(H,31,36)(H,32,37)(H,30,33,34)/t24-/m1/s1.